The lowest BCUT2D eigenvalue weighted by Crippen LogP contribution is -2.51. The zero-order valence-electron chi connectivity index (χ0n) is 17.6. The van der Waals surface area contributed by atoms with Gasteiger partial charge in [-0.05, 0) is 18.9 Å². The second-order valence-corrected chi connectivity index (χ2v) is 8.20. The van der Waals surface area contributed by atoms with Crippen molar-refractivity contribution in [2.24, 2.45) is 5.73 Å². The van der Waals surface area contributed by atoms with Gasteiger partial charge in [-0.25, -0.2) is 14.8 Å². The van der Waals surface area contributed by atoms with Gasteiger partial charge in [0.05, 0.1) is 5.69 Å². The molecule has 4 N–H and O–H groups in total. The van der Waals surface area contributed by atoms with E-state index in [0.717, 1.165) is 24.3 Å². The lowest BCUT2D eigenvalue weighted by molar-refractivity contribution is -0.134. The number of aromatic nitrogens is 3. The molecule has 11 nitrogen and oxygen atoms in total. The smallest absolute Gasteiger partial charge is 0.344 e. The molecule has 168 valence electrons. The van der Waals surface area contributed by atoms with E-state index >= 15 is 0 Å². The molecule has 5 rings (SSSR count). The number of amides is 5. The van der Waals surface area contributed by atoms with Crippen LogP contribution in [0.3, 0.4) is 0 Å². The Balaban J connectivity index is 1.54. The number of primary amides is 1. The number of hydrogen-bond donors (Lipinski definition) is 3. The standard InChI is InChI=1S/C22H21N7O4/c23-17(30)16-18-25-14(13-7-3-1-4-8-13)11-15(28(18)12-24-16)19(31)27-29-20(32)22(26-21(29)33)9-5-2-6-10-22/h1,3-4,7-8,11-12H,2,5-6,9-10H2,(H2,23,30)(H,26,33)(H,27,31). The number of urea groups is 1. The molecule has 0 bridgehead atoms. The van der Waals surface area contributed by atoms with Gasteiger partial charge in [-0.3, -0.25) is 24.2 Å². The van der Waals surface area contributed by atoms with Gasteiger partial charge >= 0.3 is 6.03 Å². The number of hydrogen-bond acceptors (Lipinski definition) is 6. The first kappa shape index (κ1) is 20.6. The summed E-state index contributed by atoms with van der Waals surface area (Å²) < 4.78 is 1.30. The van der Waals surface area contributed by atoms with E-state index in [0.29, 0.717) is 24.1 Å². The van der Waals surface area contributed by atoms with Crippen molar-refractivity contribution in [1.29, 1.82) is 0 Å². The number of imide groups is 1. The summed E-state index contributed by atoms with van der Waals surface area (Å²) in [6.07, 6.45) is 4.96. The van der Waals surface area contributed by atoms with E-state index in [1.165, 1.54) is 16.8 Å². The lowest BCUT2D eigenvalue weighted by Gasteiger charge is -2.30. The first-order valence-corrected chi connectivity index (χ1v) is 10.6. The molecule has 2 aliphatic rings. The molecule has 2 fully saturated rings. The van der Waals surface area contributed by atoms with Crippen molar-refractivity contribution < 1.29 is 19.2 Å². The number of benzene rings is 1. The predicted molar refractivity (Wildman–Crippen MR) is 116 cm³/mol. The van der Waals surface area contributed by atoms with Gasteiger partial charge in [-0.15, -0.1) is 0 Å². The van der Waals surface area contributed by atoms with Crippen LogP contribution >= 0.6 is 0 Å². The fourth-order valence-corrected chi connectivity index (χ4v) is 4.45. The lowest BCUT2D eigenvalue weighted by atomic mass is 9.82. The maximum absolute atomic E-state index is 13.3. The van der Waals surface area contributed by atoms with E-state index in [1.54, 1.807) is 12.1 Å². The van der Waals surface area contributed by atoms with Gasteiger partial charge in [0.1, 0.15) is 17.6 Å². The summed E-state index contributed by atoms with van der Waals surface area (Å²) in [5.41, 5.74) is 7.99. The number of carbonyl (C=O) groups is 4. The third-order valence-corrected chi connectivity index (χ3v) is 6.12. The number of carbonyl (C=O) groups excluding carboxylic acids is 4. The van der Waals surface area contributed by atoms with Crippen LogP contribution in [0.25, 0.3) is 16.9 Å². The van der Waals surface area contributed by atoms with Crippen LogP contribution in [0.5, 0.6) is 0 Å². The molecule has 33 heavy (non-hydrogen) atoms. The van der Waals surface area contributed by atoms with Gasteiger partial charge in [0.15, 0.2) is 11.3 Å². The highest BCUT2D eigenvalue weighted by atomic mass is 16.2. The number of nitrogens with zero attached hydrogens (tertiary/aromatic N) is 4. The van der Waals surface area contributed by atoms with Crippen LogP contribution in [-0.4, -0.2) is 48.7 Å². The minimum Gasteiger partial charge on any atom is -0.364 e. The quantitative estimate of drug-likeness (QED) is 0.514. The van der Waals surface area contributed by atoms with E-state index < -0.39 is 29.3 Å². The average Bonchev–Trinajstić information content (AvgIpc) is 3.35. The molecule has 1 saturated carbocycles. The number of fused-ring (bicyclic) bond motifs is 1. The molecule has 0 radical (unpaired) electrons. The highest BCUT2D eigenvalue weighted by Crippen LogP contribution is 2.33. The monoisotopic (exact) mass is 447 g/mol. The van der Waals surface area contributed by atoms with Crippen LogP contribution in [0.2, 0.25) is 0 Å². The molecule has 1 spiro atoms. The zero-order valence-corrected chi connectivity index (χ0v) is 17.6. The van der Waals surface area contributed by atoms with Gasteiger partial charge < -0.3 is 11.1 Å². The second kappa shape index (κ2) is 7.69. The number of rotatable bonds is 4. The minimum absolute atomic E-state index is 0.0315. The SMILES string of the molecule is NC(=O)c1ncn2c(C(=O)NN3C(=O)NC4(CCCCC4)C3=O)cc(-c3ccccc3)nc12. The van der Waals surface area contributed by atoms with E-state index in [-0.39, 0.29) is 17.0 Å². The summed E-state index contributed by atoms with van der Waals surface area (Å²) in [5, 5.41) is 3.48. The Morgan fingerprint density at radius 2 is 1.82 bits per heavy atom. The molecule has 1 aromatic carbocycles. The van der Waals surface area contributed by atoms with E-state index in [1.807, 2.05) is 18.2 Å². The Labute approximate surface area is 187 Å². The van der Waals surface area contributed by atoms with Crippen LogP contribution in [0.4, 0.5) is 4.79 Å². The van der Waals surface area contributed by atoms with E-state index in [4.69, 9.17) is 5.73 Å². The van der Waals surface area contributed by atoms with Crippen LogP contribution in [0.15, 0.2) is 42.7 Å². The van der Waals surface area contributed by atoms with Crippen LogP contribution in [-0.2, 0) is 4.79 Å². The highest BCUT2D eigenvalue weighted by Gasteiger charge is 2.52. The van der Waals surface area contributed by atoms with E-state index in [2.05, 4.69) is 20.7 Å². The Morgan fingerprint density at radius 1 is 1.09 bits per heavy atom. The van der Waals surface area contributed by atoms with Crippen molar-refractivity contribution >= 4 is 29.4 Å². The normalized spacial score (nSPS) is 17.4. The van der Waals surface area contributed by atoms with Crippen molar-refractivity contribution in [2.75, 3.05) is 0 Å². The summed E-state index contributed by atoms with van der Waals surface area (Å²) in [6, 6.07) is 9.87. The van der Waals surface area contributed by atoms with Crippen molar-refractivity contribution in [1.82, 2.24) is 30.1 Å². The Kier molecular flexibility index (Phi) is 4.81. The average molecular weight is 447 g/mol. The topological polar surface area (TPSA) is 152 Å². The van der Waals surface area contributed by atoms with Crippen molar-refractivity contribution in [3.63, 3.8) is 0 Å². The van der Waals surface area contributed by atoms with Gasteiger partial charge in [0.25, 0.3) is 17.7 Å². The molecular weight excluding hydrogens is 426 g/mol. The molecule has 1 saturated heterocycles. The highest BCUT2D eigenvalue weighted by molar-refractivity contribution is 6.09. The summed E-state index contributed by atoms with van der Waals surface area (Å²) in [5.74, 6) is -2.00. The van der Waals surface area contributed by atoms with E-state index in [9.17, 15) is 19.2 Å². The minimum atomic E-state index is -0.973. The Hall–Kier alpha value is -4.28. The number of imidazole rings is 1. The molecule has 3 heterocycles. The van der Waals surface area contributed by atoms with Gasteiger partial charge in [-0.1, -0.05) is 49.6 Å². The second-order valence-electron chi connectivity index (χ2n) is 8.20. The van der Waals surface area contributed by atoms with Crippen molar-refractivity contribution in [3.05, 3.63) is 54.1 Å². The molecule has 11 heteroatoms. The number of nitrogens with one attached hydrogen (secondary N) is 2. The largest absolute Gasteiger partial charge is 0.364 e. The Bertz CT molecular complexity index is 1290. The number of hydrazine groups is 1. The first-order valence-electron chi connectivity index (χ1n) is 10.6. The van der Waals surface area contributed by atoms with Gasteiger partial charge in [0, 0.05) is 5.56 Å². The zero-order chi connectivity index (χ0) is 23.2. The van der Waals surface area contributed by atoms with Crippen LogP contribution in [0.1, 0.15) is 53.1 Å². The fourth-order valence-electron chi connectivity index (χ4n) is 4.45. The summed E-state index contributed by atoms with van der Waals surface area (Å²) in [7, 11) is 0. The first-order chi connectivity index (χ1) is 15.9. The maximum atomic E-state index is 13.3. The predicted octanol–water partition coefficient (Wildman–Crippen LogP) is 1.39. The molecule has 0 unspecified atom stereocenters. The van der Waals surface area contributed by atoms with Gasteiger partial charge in [-0.2, -0.15) is 5.01 Å². The summed E-state index contributed by atoms with van der Waals surface area (Å²) in [4.78, 5) is 59.1. The molecule has 1 aliphatic heterocycles. The fraction of sp³-hybridized carbons (Fsp3) is 0.273. The molecule has 1 aliphatic carbocycles. The maximum Gasteiger partial charge on any atom is 0.344 e. The summed E-state index contributed by atoms with van der Waals surface area (Å²) >= 11 is 0. The van der Waals surface area contributed by atoms with Gasteiger partial charge in [0.2, 0.25) is 0 Å². The number of nitrogens with two attached hydrogens (primary N) is 1. The molecular formula is C22H21N7O4. The molecule has 3 aromatic rings. The third-order valence-electron chi connectivity index (χ3n) is 6.12. The third kappa shape index (κ3) is 3.37. The van der Waals surface area contributed by atoms with Crippen LogP contribution < -0.4 is 16.5 Å². The van der Waals surface area contributed by atoms with Crippen molar-refractivity contribution in [3.8, 4) is 11.3 Å². The van der Waals surface area contributed by atoms with Crippen LogP contribution in [0, 0.1) is 0 Å². The molecule has 2 aromatic heterocycles. The molecule has 5 amide bonds. The van der Waals surface area contributed by atoms with Crippen molar-refractivity contribution in [2.45, 2.75) is 37.6 Å². The Morgan fingerprint density at radius 3 is 2.52 bits per heavy atom. The summed E-state index contributed by atoms with van der Waals surface area (Å²) in [6.45, 7) is 0. The molecule has 0 atom stereocenters.